The second-order valence-corrected chi connectivity index (χ2v) is 6.73. The average Bonchev–Trinajstić information content (AvgIpc) is 2.70. The van der Waals surface area contributed by atoms with Gasteiger partial charge < -0.3 is 14.5 Å². The van der Waals surface area contributed by atoms with Gasteiger partial charge in [-0.2, -0.15) is 13.2 Å². The van der Waals surface area contributed by atoms with Gasteiger partial charge in [0.1, 0.15) is 0 Å². The summed E-state index contributed by atoms with van der Waals surface area (Å²) in [6.45, 7) is 3.57. The Morgan fingerprint density at radius 1 is 1.21 bits per heavy atom. The summed E-state index contributed by atoms with van der Waals surface area (Å²) in [5.74, 6) is -0.146. The number of nitrogens with zero attached hydrogens (tertiary/aromatic N) is 3. The third-order valence-corrected chi connectivity index (χ3v) is 4.88. The molecule has 1 aliphatic rings. The number of hydrogen-bond donors (Lipinski definition) is 1. The molecule has 0 radical (unpaired) electrons. The lowest BCUT2D eigenvalue weighted by Gasteiger charge is -2.36. The van der Waals surface area contributed by atoms with E-state index < -0.39 is 23.3 Å². The monoisotopic (exact) mass is 410 g/mol. The van der Waals surface area contributed by atoms with Crippen molar-refractivity contribution in [2.45, 2.75) is 19.5 Å². The van der Waals surface area contributed by atoms with Crippen LogP contribution in [-0.4, -0.2) is 49.2 Å². The van der Waals surface area contributed by atoms with Gasteiger partial charge in [0.05, 0.1) is 24.8 Å². The van der Waals surface area contributed by atoms with Crippen LogP contribution < -0.4 is 15.4 Å². The number of nitrogens with one attached hydrogen (secondary N) is 1. The first-order chi connectivity index (χ1) is 13.7. The van der Waals surface area contributed by atoms with Crippen LogP contribution in [0.4, 0.5) is 24.8 Å². The molecule has 1 N–H and O–H groups in total. The molecular formula is C19H21F3N4O3. The normalized spacial score (nSPS) is 14.8. The van der Waals surface area contributed by atoms with Crippen LogP contribution in [0.5, 0.6) is 0 Å². The second-order valence-electron chi connectivity index (χ2n) is 6.73. The molecule has 0 unspecified atom stereocenters. The third-order valence-electron chi connectivity index (χ3n) is 4.88. The maximum atomic E-state index is 12.9. The molecule has 1 aromatic heterocycles. The molecule has 0 spiro atoms. The van der Waals surface area contributed by atoms with Gasteiger partial charge in [0.2, 0.25) is 5.95 Å². The quantitative estimate of drug-likeness (QED) is 0.779. The molecule has 156 valence electrons. The van der Waals surface area contributed by atoms with E-state index in [2.05, 4.69) is 14.7 Å². The van der Waals surface area contributed by atoms with Gasteiger partial charge in [-0.15, -0.1) is 0 Å². The topological polar surface area (TPSA) is 78.5 Å². The molecule has 0 saturated carbocycles. The van der Waals surface area contributed by atoms with E-state index in [0.717, 1.165) is 12.1 Å². The first-order valence-corrected chi connectivity index (χ1v) is 9.03. The highest BCUT2D eigenvalue weighted by atomic mass is 19.4. The fraction of sp³-hybridized carbons (Fsp3) is 0.421. The molecular weight excluding hydrogens is 389 g/mol. The van der Waals surface area contributed by atoms with E-state index in [9.17, 15) is 22.8 Å². The molecule has 7 nitrogen and oxygen atoms in total. The molecule has 2 aromatic rings. The number of rotatable bonds is 4. The molecule has 3 rings (SSSR count). The Hall–Kier alpha value is -3.04. The van der Waals surface area contributed by atoms with Crippen LogP contribution in [0, 0.1) is 6.92 Å². The number of halogens is 3. The number of carbonyl (C=O) groups excluding carboxylic acids is 1. The van der Waals surface area contributed by atoms with Crippen molar-refractivity contribution in [3.8, 4) is 0 Å². The molecule has 1 aliphatic heterocycles. The van der Waals surface area contributed by atoms with Crippen LogP contribution in [-0.2, 0) is 22.1 Å². The Labute approximate surface area is 165 Å². The largest absolute Gasteiger partial charge is 0.469 e. The Morgan fingerprint density at radius 3 is 2.45 bits per heavy atom. The van der Waals surface area contributed by atoms with Crippen LogP contribution in [0.3, 0.4) is 0 Å². The highest BCUT2D eigenvalue weighted by Crippen LogP contribution is 2.32. The molecule has 0 aliphatic carbocycles. The summed E-state index contributed by atoms with van der Waals surface area (Å²) >= 11 is 0. The number of aromatic amines is 1. The average molecular weight is 410 g/mol. The molecule has 1 saturated heterocycles. The van der Waals surface area contributed by atoms with Gasteiger partial charge in [0.25, 0.3) is 5.56 Å². The minimum atomic E-state index is -4.38. The lowest BCUT2D eigenvalue weighted by Crippen LogP contribution is -2.47. The van der Waals surface area contributed by atoms with Gasteiger partial charge in [-0.05, 0) is 25.1 Å². The highest BCUT2D eigenvalue weighted by molar-refractivity contribution is 5.72. The zero-order chi connectivity index (χ0) is 21.2. The number of methoxy groups -OCH3 is 1. The van der Waals surface area contributed by atoms with Crippen molar-refractivity contribution in [2.75, 3.05) is 43.1 Å². The molecule has 0 atom stereocenters. The van der Waals surface area contributed by atoms with Crippen molar-refractivity contribution in [3.05, 3.63) is 51.4 Å². The fourth-order valence-electron chi connectivity index (χ4n) is 3.23. The smallest absolute Gasteiger partial charge is 0.416 e. The zero-order valence-electron chi connectivity index (χ0n) is 16.0. The standard InChI is InChI=1S/C19H21F3N4O3/c1-12-15(11-16(27)29-2)17(28)24-18(23-12)26-8-6-25(7-9-26)14-5-3-4-13(10-14)19(20,21)22/h3-5,10H,6-9,11H2,1-2H3,(H,23,24,28). The number of aromatic nitrogens is 2. The SMILES string of the molecule is COC(=O)Cc1c(C)nc(N2CCN(c3cccc(C(F)(F)F)c3)CC2)[nH]c1=O. The summed E-state index contributed by atoms with van der Waals surface area (Å²) in [5, 5.41) is 0. The van der Waals surface area contributed by atoms with Crippen molar-refractivity contribution < 1.29 is 22.7 Å². The molecule has 1 aromatic carbocycles. The number of carbonyl (C=O) groups is 1. The maximum absolute atomic E-state index is 12.9. The third kappa shape index (κ3) is 4.69. The van der Waals surface area contributed by atoms with Crippen molar-refractivity contribution in [1.29, 1.82) is 0 Å². The predicted molar refractivity (Wildman–Crippen MR) is 101 cm³/mol. The van der Waals surface area contributed by atoms with Crippen LogP contribution >= 0.6 is 0 Å². The number of anilines is 2. The van der Waals surface area contributed by atoms with E-state index >= 15 is 0 Å². The molecule has 29 heavy (non-hydrogen) atoms. The molecule has 10 heteroatoms. The number of ether oxygens (including phenoxy) is 1. The van der Waals surface area contributed by atoms with E-state index in [0.29, 0.717) is 43.5 Å². The number of alkyl halides is 3. The summed E-state index contributed by atoms with van der Waals surface area (Å²) < 4.78 is 43.4. The van der Waals surface area contributed by atoms with Crippen LogP contribution in [0.25, 0.3) is 0 Å². The van der Waals surface area contributed by atoms with Crippen LogP contribution in [0.2, 0.25) is 0 Å². The van der Waals surface area contributed by atoms with Crippen LogP contribution in [0.15, 0.2) is 29.1 Å². The van der Waals surface area contributed by atoms with E-state index in [1.807, 2.05) is 9.80 Å². The molecule has 0 bridgehead atoms. The van der Waals surface area contributed by atoms with Gasteiger partial charge in [0.15, 0.2) is 0 Å². The van der Waals surface area contributed by atoms with Gasteiger partial charge in [0, 0.05) is 37.4 Å². The summed E-state index contributed by atoms with van der Waals surface area (Å²) in [4.78, 5) is 34.6. The highest BCUT2D eigenvalue weighted by Gasteiger charge is 2.31. The predicted octanol–water partition coefficient (Wildman–Crippen LogP) is 2.14. The van der Waals surface area contributed by atoms with Crippen LogP contribution in [0.1, 0.15) is 16.8 Å². The van der Waals surface area contributed by atoms with E-state index in [1.165, 1.54) is 13.2 Å². The summed E-state index contributed by atoms with van der Waals surface area (Å²) in [5.41, 5.74) is 0.113. The Kier molecular flexibility index (Phi) is 5.81. The lowest BCUT2D eigenvalue weighted by atomic mass is 10.1. The van der Waals surface area contributed by atoms with E-state index in [4.69, 9.17) is 0 Å². The summed E-state index contributed by atoms with van der Waals surface area (Å²) in [6.07, 6.45) is -4.54. The number of piperazine rings is 1. The van der Waals surface area contributed by atoms with E-state index in [-0.39, 0.29) is 12.0 Å². The molecule has 1 fully saturated rings. The molecule has 2 heterocycles. The number of esters is 1. The van der Waals surface area contributed by atoms with Gasteiger partial charge in [-0.3, -0.25) is 14.6 Å². The van der Waals surface area contributed by atoms with Crippen molar-refractivity contribution in [2.24, 2.45) is 0 Å². The Balaban J connectivity index is 1.71. The Morgan fingerprint density at radius 2 is 1.86 bits per heavy atom. The number of aryl methyl sites for hydroxylation is 1. The van der Waals surface area contributed by atoms with Crippen molar-refractivity contribution in [3.63, 3.8) is 0 Å². The van der Waals surface area contributed by atoms with Crippen molar-refractivity contribution >= 4 is 17.6 Å². The lowest BCUT2D eigenvalue weighted by molar-refractivity contribution is -0.140. The number of H-pyrrole nitrogens is 1. The Bertz CT molecular complexity index is 950. The fourth-order valence-corrected chi connectivity index (χ4v) is 3.23. The van der Waals surface area contributed by atoms with Crippen molar-refractivity contribution in [1.82, 2.24) is 9.97 Å². The number of benzene rings is 1. The molecule has 0 amide bonds. The van der Waals surface area contributed by atoms with Gasteiger partial charge >= 0.3 is 12.1 Å². The first-order valence-electron chi connectivity index (χ1n) is 9.03. The maximum Gasteiger partial charge on any atom is 0.416 e. The zero-order valence-corrected chi connectivity index (χ0v) is 16.0. The minimum Gasteiger partial charge on any atom is -0.469 e. The number of hydrogen-bond acceptors (Lipinski definition) is 6. The minimum absolute atomic E-state index is 0.158. The second kappa shape index (κ2) is 8.14. The summed E-state index contributed by atoms with van der Waals surface area (Å²) in [7, 11) is 1.25. The van der Waals surface area contributed by atoms with E-state index in [1.54, 1.807) is 13.0 Å². The van der Waals surface area contributed by atoms with Gasteiger partial charge in [-0.25, -0.2) is 4.98 Å². The first kappa shape index (κ1) is 20.7. The van der Waals surface area contributed by atoms with Gasteiger partial charge in [-0.1, -0.05) is 6.07 Å². The summed E-state index contributed by atoms with van der Waals surface area (Å²) in [6, 6.07) is 5.23.